The van der Waals surface area contributed by atoms with Crippen LogP contribution in [-0.2, 0) is 9.47 Å². The summed E-state index contributed by atoms with van der Waals surface area (Å²) in [4.78, 5) is 0. The van der Waals surface area contributed by atoms with Gasteiger partial charge in [0.1, 0.15) is 0 Å². The Labute approximate surface area is 112 Å². The number of rotatable bonds is 11. The van der Waals surface area contributed by atoms with Crippen LogP contribution in [0.4, 0.5) is 0 Å². The summed E-state index contributed by atoms with van der Waals surface area (Å²) in [6.07, 6.45) is 6.28. The molecule has 3 unspecified atom stereocenters. The van der Waals surface area contributed by atoms with Crippen LogP contribution in [0.1, 0.15) is 59.8 Å². The quantitative estimate of drug-likeness (QED) is 0.451. The fraction of sp³-hybridized carbons (Fsp3) is 0.867. The molecule has 0 amide bonds. The molecule has 3 atom stereocenters. The zero-order valence-corrected chi connectivity index (χ0v) is 12.4. The summed E-state index contributed by atoms with van der Waals surface area (Å²) in [7, 11) is 0. The van der Waals surface area contributed by atoms with E-state index < -0.39 is 5.79 Å². The van der Waals surface area contributed by atoms with Crippen LogP contribution in [0.2, 0.25) is 0 Å². The molecule has 3 heteroatoms. The summed E-state index contributed by atoms with van der Waals surface area (Å²) >= 11 is 0. The van der Waals surface area contributed by atoms with Crippen molar-refractivity contribution in [2.45, 2.75) is 71.9 Å². The molecule has 0 spiro atoms. The summed E-state index contributed by atoms with van der Waals surface area (Å²) < 4.78 is 11.1. The molecule has 0 rings (SSSR count). The SMILES string of the molecule is C=CCCC(CC)COC(C)OC(C)(O)CCC. The van der Waals surface area contributed by atoms with Gasteiger partial charge < -0.3 is 14.6 Å². The molecule has 1 N–H and O–H groups in total. The molecule has 0 aromatic heterocycles. The highest BCUT2D eigenvalue weighted by Crippen LogP contribution is 2.18. The van der Waals surface area contributed by atoms with Gasteiger partial charge >= 0.3 is 0 Å². The Morgan fingerprint density at radius 1 is 1.39 bits per heavy atom. The zero-order valence-electron chi connectivity index (χ0n) is 12.4. The molecule has 108 valence electrons. The Balaban J connectivity index is 3.92. The van der Waals surface area contributed by atoms with Crippen molar-refractivity contribution in [3.05, 3.63) is 12.7 Å². The largest absolute Gasteiger partial charge is 0.366 e. The van der Waals surface area contributed by atoms with Crippen LogP contribution < -0.4 is 0 Å². The fourth-order valence-corrected chi connectivity index (χ4v) is 1.94. The average molecular weight is 258 g/mol. The summed E-state index contributed by atoms with van der Waals surface area (Å²) in [6, 6.07) is 0. The van der Waals surface area contributed by atoms with E-state index in [2.05, 4.69) is 13.5 Å². The lowest BCUT2D eigenvalue weighted by atomic mass is 10.0. The second kappa shape index (κ2) is 9.54. The number of aliphatic hydroxyl groups is 1. The van der Waals surface area contributed by atoms with Gasteiger partial charge in [0.25, 0.3) is 0 Å². The second-order valence-electron chi connectivity index (χ2n) is 5.08. The number of allylic oxidation sites excluding steroid dienone is 1. The lowest BCUT2D eigenvalue weighted by Crippen LogP contribution is -2.34. The van der Waals surface area contributed by atoms with E-state index in [-0.39, 0.29) is 6.29 Å². The van der Waals surface area contributed by atoms with Crippen molar-refractivity contribution in [1.82, 2.24) is 0 Å². The van der Waals surface area contributed by atoms with Crippen LogP contribution in [0.25, 0.3) is 0 Å². The fourth-order valence-electron chi connectivity index (χ4n) is 1.94. The second-order valence-corrected chi connectivity index (χ2v) is 5.08. The highest BCUT2D eigenvalue weighted by molar-refractivity contribution is 4.69. The third-order valence-corrected chi connectivity index (χ3v) is 3.06. The normalized spacial score (nSPS) is 18.1. The molecule has 0 aliphatic rings. The van der Waals surface area contributed by atoms with E-state index in [4.69, 9.17) is 9.47 Å². The number of hydrogen-bond acceptors (Lipinski definition) is 3. The van der Waals surface area contributed by atoms with Gasteiger partial charge in [-0.3, -0.25) is 0 Å². The van der Waals surface area contributed by atoms with Crippen LogP contribution in [-0.4, -0.2) is 23.8 Å². The first-order valence-corrected chi connectivity index (χ1v) is 7.07. The maximum Gasteiger partial charge on any atom is 0.165 e. The van der Waals surface area contributed by atoms with Gasteiger partial charge in [0.05, 0.1) is 6.61 Å². The molecule has 0 aliphatic carbocycles. The van der Waals surface area contributed by atoms with E-state index in [0.717, 1.165) is 25.7 Å². The molecule has 3 nitrogen and oxygen atoms in total. The number of ether oxygens (including phenoxy) is 2. The molecular formula is C15H30O3. The van der Waals surface area contributed by atoms with Gasteiger partial charge in [-0.15, -0.1) is 6.58 Å². The highest BCUT2D eigenvalue weighted by Gasteiger charge is 2.23. The predicted octanol–water partition coefficient (Wildman–Crippen LogP) is 3.87. The lowest BCUT2D eigenvalue weighted by molar-refractivity contribution is -0.281. The van der Waals surface area contributed by atoms with E-state index in [1.54, 1.807) is 6.92 Å². The molecule has 0 bridgehead atoms. The third kappa shape index (κ3) is 8.67. The van der Waals surface area contributed by atoms with E-state index in [0.29, 0.717) is 18.9 Å². The molecule has 0 aromatic rings. The molecule has 0 aromatic carbocycles. The summed E-state index contributed by atoms with van der Waals surface area (Å²) in [5, 5.41) is 9.93. The third-order valence-electron chi connectivity index (χ3n) is 3.06. The van der Waals surface area contributed by atoms with E-state index in [1.807, 2.05) is 19.9 Å². The average Bonchev–Trinajstić information content (AvgIpc) is 2.28. The Morgan fingerprint density at radius 2 is 2.06 bits per heavy atom. The van der Waals surface area contributed by atoms with Crippen molar-refractivity contribution in [3.63, 3.8) is 0 Å². The smallest absolute Gasteiger partial charge is 0.165 e. The molecule has 0 aliphatic heterocycles. The van der Waals surface area contributed by atoms with Crippen LogP contribution in [0, 0.1) is 5.92 Å². The topological polar surface area (TPSA) is 38.7 Å². The van der Waals surface area contributed by atoms with Gasteiger partial charge in [0.15, 0.2) is 12.1 Å². The van der Waals surface area contributed by atoms with E-state index >= 15 is 0 Å². The number of hydrogen-bond donors (Lipinski definition) is 1. The van der Waals surface area contributed by atoms with Crippen molar-refractivity contribution < 1.29 is 14.6 Å². The summed E-state index contributed by atoms with van der Waals surface area (Å²) in [5.41, 5.74) is 0. The Kier molecular flexibility index (Phi) is 9.34. The van der Waals surface area contributed by atoms with Crippen LogP contribution in [0.15, 0.2) is 12.7 Å². The Hall–Kier alpha value is -0.380. The molecule has 0 fully saturated rings. The summed E-state index contributed by atoms with van der Waals surface area (Å²) in [6.45, 7) is 12.1. The van der Waals surface area contributed by atoms with Crippen LogP contribution >= 0.6 is 0 Å². The molecular weight excluding hydrogens is 228 g/mol. The van der Waals surface area contributed by atoms with Crippen molar-refractivity contribution in [3.8, 4) is 0 Å². The minimum atomic E-state index is -1.09. The van der Waals surface area contributed by atoms with Crippen molar-refractivity contribution in [2.24, 2.45) is 5.92 Å². The molecule has 0 heterocycles. The van der Waals surface area contributed by atoms with Crippen LogP contribution in [0.3, 0.4) is 0 Å². The van der Waals surface area contributed by atoms with Gasteiger partial charge in [-0.1, -0.05) is 32.8 Å². The Morgan fingerprint density at radius 3 is 2.56 bits per heavy atom. The predicted molar refractivity (Wildman–Crippen MR) is 75.2 cm³/mol. The minimum absolute atomic E-state index is 0.371. The molecule has 18 heavy (non-hydrogen) atoms. The summed E-state index contributed by atoms with van der Waals surface area (Å²) in [5.74, 6) is -0.554. The van der Waals surface area contributed by atoms with Gasteiger partial charge in [-0.25, -0.2) is 0 Å². The van der Waals surface area contributed by atoms with Gasteiger partial charge in [-0.2, -0.15) is 0 Å². The van der Waals surface area contributed by atoms with E-state index in [1.165, 1.54) is 0 Å². The first kappa shape index (κ1) is 17.6. The first-order chi connectivity index (χ1) is 8.45. The van der Waals surface area contributed by atoms with Gasteiger partial charge in [0.2, 0.25) is 0 Å². The standard InChI is InChI=1S/C15H30O3/c1-6-9-10-14(8-3)12-17-13(4)18-15(5,16)11-7-2/h6,13-14,16H,1,7-12H2,2-5H3. The maximum atomic E-state index is 9.93. The van der Waals surface area contributed by atoms with Gasteiger partial charge in [0, 0.05) is 6.42 Å². The maximum absolute atomic E-state index is 9.93. The lowest BCUT2D eigenvalue weighted by Gasteiger charge is -2.28. The van der Waals surface area contributed by atoms with Crippen molar-refractivity contribution >= 4 is 0 Å². The monoisotopic (exact) mass is 258 g/mol. The minimum Gasteiger partial charge on any atom is -0.366 e. The zero-order chi connectivity index (χ0) is 14.0. The van der Waals surface area contributed by atoms with Crippen molar-refractivity contribution in [1.29, 1.82) is 0 Å². The first-order valence-electron chi connectivity index (χ1n) is 7.07. The van der Waals surface area contributed by atoms with E-state index in [9.17, 15) is 5.11 Å². The molecule has 0 saturated carbocycles. The highest BCUT2D eigenvalue weighted by atomic mass is 16.7. The van der Waals surface area contributed by atoms with Gasteiger partial charge in [-0.05, 0) is 32.6 Å². The van der Waals surface area contributed by atoms with Crippen molar-refractivity contribution in [2.75, 3.05) is 6.61 Å². The Bertz CT molecular complexity index is 214. The molecule has 0 radical (unpaired) electrons. The molecule has 0 saturated heterocycles. The van der Waals surface area contributed by atoms with Crippen LogP contribution in [0.5, 0.6) is 0 Å².